The maximum atomic E-state index is 12.7. The summed E-state index contributed by atoms with van der Waals surface area (Å²) in [5, 5.41) is 3.23. The van der Waals surface area contributed by atoms with Gasteiger partial charge in [-0.15, -0.1) is 0 Å². The highest BCUT2D eigenvalue weighted by Gasteiger charge is 2.31. The van der Waals surface area contributed by atoms with Crippen LogP contribution in [0.4, 0.5) is 0 Å². The number of rotatable bonds is 5. The van der Waals surface area contributed by atoms with Crippen LogP contribution in [0.15, 0.2) is 48.5 Å². The van der Waals surface area contributed by atoms with Crippen LogP contribution in [0.5, 0.6) is 11.5 Å². The Hall–Kier alpha value is -2.37. The molecule has 0 spiro atoms. The summed E-state index contributed by atoms with van der Waals surface area (Å²) in [6.45, 7) is 0.340. The van der Waals surface area contributed by atoms with Crippen LogP contribution >= 0.6 is 0 Å². The van der Waals surface area contributed by atoms with Crippen molar-refractivity contribution in [2.24, 2.45) is 0 Å². The Balaban J connectivity index is 1.74. The third-order valence-electron chi connectivity index (χ3n) is 3.87. The van der Waals surface area contributed by atoms with Gasteiger partial charge >= 0.3 is 0 Å². The van der Waals surface area contributed by atoms with Crippen molar-refractivity contribution in [3.05, 3.63) is 59.7 Å². The summed E-state index contributed by atoms with van der Waals surface area (Å²) in [4.78, 5) is 12.7. The van der Waals surface area contributed by atoms with Crippen molar-refractivity contribution >= 4 is 5.78 Å². The van der Waals surface area contributed by atoms with Crippen molar-refractivity contribution in [1.82, 2.24) is 5.32 Å². The van der Waals surface area contributed by atoms with Crippen molar-refractivity contribution in [3.8, 4) is 11.5 Å². The number of ether oxygens (including phenoxy) is 3. The molecule has 0 aliphatic carbocycles. The van der Waals surface area contributed by atoms with E-state index < -0.39 is 0 Å². The van der Waals surface area contributed by atoms with Crippen LogP contribution in [0.25, 0.3) is 0 Å². The van der Waals surface area contributed by atoms with Gasteiger partial charge in [-0.2, -0.15) is 0 Å². The molecule has 0 saturated carbocycles. The number of hydrogen-bond donors (Lipinski definition) is 1. The van der Waals surface area contributed by atoms with Crippen LogP contribution < -0.4 is 14.8 Å². The van der Waals surface area contributed by atoms with Gasteiger partial charge in [0.05, 0.1) is 26.9 Å². The van der Waals surface area contributed by atoms with E-state index in [9.17, 15) is 4.79 Å². The minimum atomic E-state index is -0.377. The van der Waals surface area contributed by atoms with E-state index in [1.165, 1.54) is 0 Å². The summed E-state index contributed by atoms with van der Waals surface area (Å²) in [6, 6.07) is 14.6. The van der Waals surface area contributed by atoms with Gasteiger partial charge in [0.15, 0.2) is 17.3 Å². The lowest BCUT2D eigenvalue weighted by Crippen LogP contribution is -2.34. The average molecular weight is 313 g/mol. The molecule has 1 aliphatic rings. The number of methoxy groups -OCH3 is 2. The minimum absolute atomic E-state index is 0.0237. The zero-order valence-electron chi connectivity index (χ0n) is 13.1. The van der Waals surface area contributed by atoms with E-state index in [1.54, 1.807) is 32.4 Å². The third kappa shape index (κ3) is 3.21. The Morgan fingerprint density at radius 3 is 2.52 bits per heavy atom. The van der Waals surface area contributed by atoms with E-state index in [2.05, 4.69) is 5.32 Å². The zero-order valence-corrected chi connectivity index (χ0v) is 13.1. The highest BCUT2D eigenvalue weighted by atomic mass is 16.5. The summed E-state index contributed by atoms with van der Waals surface area (Å²) in [6.07, 6.45) is -0.259. The van der Waals surface area contributed by atoms with E-state index in [0.717, 1.165) is 5.56 Å². The molecule has 23 heavy (non-hydrogen) atoms. The molecule has 1 N–H and O–H groups in total. The molecule has 0 aromatic heterocycles. The third-order valence-corrected chi connectivity index (χ3v) is 3.87. The maximum Gasteiger partial charge on any atom is 0.182 e. The summed E-state index contributed by atoms with van der Waals surface area (Å²) >= 11 is 0. The largest absolute Gasteiger partial charge is 0.493 e. The number of carbonyl (C=O) groups excluding carboxylic acids is 1. The number of Topliss-reactive ketones (excluding diaryl/α,β-unsaturated/α-hetero) is 1. The summed E-state index contributed by atoms with van der Waals surface area (Å²) in [7, 11) is 3.12. The fraction of sp³-hybridized carbons (Fsp3) is 0.278. The molecule has 2 atom stereocenters. The van der Waals surface area contributed by atoms with Crippen molar-refractivity contribution in [2.75, 3.05) is 20.8 Å². The van der Waals surface area contributed by atoms with E-state index in [-0.39, 0.29) is 18.1 Å². The molecule has 3 rings (SSSR count). The normalized spacial score (nSPS) is 20.3. The average Bonchev–Trinajstić information content (AvgIpc) is 3.11. The van der Waals surface area contributed by atoms with E-state index in [1.807, 2.05) is 30.3 Å². The zero-order chi connectivity index (χ0) is 16.2. The van der Waals surface area contributed by atoms with Gasteiger partial charge in [-0.25, -0.2) is 0 Å². The predicted molar refractivity (Wildman–Crippen MR) is 85.9 cm³/mol. The van der Waals surface area contributed by atoms with Gasteiger partial charge in [0.25, 0.3) is 0 Å². The molecule has 1 aliphatic heterocycles. The first-order valence-corrected chi connectivity index (χ1v) is 7.41. The van der Waals surface area contributed by atoms with Crippen molar-refractivity contribution in [1.29, 1.82) is 0 Å². The minimum Gasteiger partial charge on any atom is -0.493 e. The van der Waals surface area contributed by atoms with E-state index >= 15 is 0 Å². The number of carbonyl (C=O) groups is 1. The first-order valence-electron chi connectivity index (χ1n) is 7.41. The quantitative estimate of drug-likeness (QED) is 0.860. The Morgan fingerprint density at radius 2 is 1.83 bits per heavy atom. The fourth-order valence-corrected chi connectivity index (χ4v) is 2.63. The summed E-state index contributed by atoms with van der Waals surface area (Å²) in [5.41, 5.74) is 1.58. The topological polar surface area (TPSA) is 56.8 Å². The van der Waals surface area contributed by atoms with Gasteiger partial charge < -0.3 is 14.2 Å². The van der Waals surface area contributed by atoms with Gasteiger partial charge in [0.1, 0.15) is 6.23 Å². The van der Waals surface area contributed by atoms with Crippen LogP contribution in [-0.4, -0.2) is 32.7 Å². The standard InChI is InChI=1S/C18H19NO4/c1-21-15-9-8-13(10-16(15)22-2)17(20)14-11-23-18(19-14)12-6-4-3-5-7-12/h3-10,14,18-19H,11H2,1-2H3. The monoisotopic (exact) mass is 313 g/mol. The predicted octanol–water partition coefficient (Wildman–Crippen LogP) is 2.57. The molecule has 2 unspecified atom stereocenters. The Labute approximate surface area is 135 Å². The molecule has 0 amide bonds. The molecule has 1 fully saturated rings. The van der Waals surface area contributed by atoms with Crippen LogP contribution in [0.2, 0.25) is 0 Å². The molecule has 1 saturated heterocycles. The first kappa shape index (κ1) is 15.5. The van der Waals surface area contributed by atoms with E-state index in [4.69, 9.17) is 14.2 Å². The van der Waals surface area contributed by atoms with Crippen LogP contribution in [0.1, 0.15) is 22.1 Å². The van der Waals surface area contributed by atoms with Crippen molar-refractivity contribution in [2.45, 2.75) is 12.3 Å². The second kappa shape index (κ2) is 6.81. The van der Waals surface area contributed by atoms with Gasteiger partial charge in [-0.3, -0.25) is 10.1 Å². The number of ketones is 1. The highest BCUT2D eigenvalue weighted by molar-refractivity contribution is 6.01. The molecule has 0 bridgehead atoms. The first-order chi connectivity index (χ1) is 11.2. The lowest BCUT2D eigenvalue weighted by molar-refractivity contribution is 0.0908. The molecular weight excluding hydrogens is 294 g/mol. The molecule has 5 nitrogen and oxygen atoms in total. The SMILES string of the molecule is COc1ccc(C(=O)C2COC(c3ccccc3)N2)cc1OC. The molecule has 2 aromatic carbocycles. The highest BCUT2D eigenvalue weighted by Crippen LogP contribution is 2.29. The molecule has 5 heteroatoms. The van der Waals surface area contributed by atoms with Crippen LogP contribution in [-0.2, 0) is 4.74 Å². The second-order valence-corrected chi connectivity index (χ2v) is 5.28. The van der Waals surface area contributed by atoms with E-state index in [0.29, 0.717) is 23.7 Å². The Kier molecular flexibility index (Phi) is 4.60. The number of benzene rings is 2. The van der Waals surface area contributed by atoms with Gasteiger partial charge in [0.2, 0.25) is 0 Å². The fourth-order valence-electron chi connectivity index (χ4n) is 2.63. The molecular formula is C18H19NO4. The van der Waals surface area contributed by atoms with Crippen LogP contribution in [0, 0.1) is 0 Å². The van der Waals surface area contributed by atoms with Gasteiger partial charge in [-0.05, 0) is 23.8 Å². The van der Waals surface area contributed by atoms with Crippen LogP contribution in [0.3, 0.4) is 0 Å². The maximum absolute atomic E-state index is 12.7. The lowest BCUT2D eigenvalue weighted by Gasteiger charge is -2.13. The second-order valence-electron chi connectivity index (χ2n) is 5.28. The van der Waals surface area contributed by atoms with Gasteiger partial charge in [0, 0.05) is 5.56 Å². The Bertz CT molecular complexity index is 687. The molecule has 120 valence electrons. The Morgan fingerprint density at radius 1 is 1.09 bits per heavy atom. The van der Waals surface area contributed by atoms with Gasteiger partial charge in [-0.1, -0.05) is 30.3 Å². The summed E-state index contributed by atoms with van der Waals surface area (Å²) < 4.78 is 16.2. The number of hydrogen-bond acceptors (Lipinski definition) is 5. The smallest absolute Gasteiger partial charge is 0.182 e. The van der Waals surface area contributed by atoms with Crippen molar-refractivity contribution in [3.63, 3.8) is 0 Å². The number of nitrogens with one attached hydrogen (secondary N) is 1. The molecule has 0 radical (unpaired) electrons. The summed E-state index contributed by atoms with van der Waals surface area (Å²) in [5.74, 6) is 1.11. The molecule has 1 heterocycles. The lowest BCUT2D eigenvalue weighted by atomic mass is 10.0. The molecule has 2 aromatic rings. The van der Waals surface area contributed by atoms with Crippen molar-refractivity contribution < 1.29 is 19.0 Å².